The average molecular weight is 362 g/mol. The molecule has 0 spiro atoms. The van der Waals surface area contributed by atoms with Crippen LogP contribution in [0.4, 0.5) is 0 Å². The van der Waals surface area contributed by atoms with Gasteiger partial charge in [0.2, 0.25) is 0 Å². The van der Waals surface area contributed by atoms with Crippen LogP contribution in [0.15, 0.2) is 0 Å². The second-order valence-electron chi connectivity index (χ2n) is 11.4. The summed E-state index contributed by atoms with van der Waals surface area (Å²) in [7, 11) is 1.90. The van der Waals surface area contributed by atoms with Crippen LogP contribution in [0.1, 0.15) is 79.6 Å². The molecule has 148 valence electrons. The zero-order valence-electron chi connectivity index (χ0n) is 17.7. The Kier molecular flexibility index (Phi) is 4.31. The maximum atomic E-state index is 13.3. The molecule has 0 aromatic heterocycles. The predicted molar refractivity (Wildman–Crippen MR) is 105 cm³/mol. The maximum Gasteiger partial charge on any atom is 0.326 e. The quantitative estimate of drug-likeness (QED) is 0.565. The Balaban J connectivity index is 1.54. The first-order valence-electron chi connectivity index (χ1n) is 11.0. The Morgan fingerprint density at radius 1 is 1.08 bits per heavy atom. The first-order chi connectivity index (χ1) is 12.1. The Morgan fingerprint density at radius 2 is 1.73 bits per heavy atom. The lowest BCUT2D eigenvalue weighted by atomic mass is 9.65. The summed E-state index contributed by atoms with van der Waals surface area (Å²) in [5, 5.41) is 3.29. The molecule has 4 bridgehead atoms. The van der Waals surface area contributed by atoms with Gasteiger partial charge in [-0.2, -0.15) is 0 Å². The van der Waals surface area contributed by atoms with Gasteiger partial charge in [-0.3, -0.25) is 4.79 Å². The number of esters is 1. The standard InChI is InChI=1S/C23H39NO2/c1-7-23(26-20(25)22(5,24-6)13-21(2,3)4)12-16-11-17(23)19-15-9-8-14(10-15)18(16)19/h14-19,24H,7-13H2,1-6H3. The molecule has 0 heterocycles. The van der Waals surface area contributed by atoms with Crippen molar-refractivity contribution in [3.05, 3.63) is 0 Å². The van der Waals surface area contributed by atoms with Crippen LogP contribution in [0, 0.1) is 40.9 Å². The van der Waals surface area contributed by atoms with Crippen LogP contribution in [0.2, 0.25) is 0 Å². The van der Waals surface area contributed by atoms with E-state index in [1.165, 1.54) is 25.7 Å². The smallest absolute Gasteiger partial charge is 0.326 e. The molecule has 0 aromatic carbocycles. The minimum Gasteiger partial charge on any atom is -0.457 e. The molecular formula is C23H39NO2. The lowest BCUT2D eigenvalue weighted by molar-refractivity contribution is -0.181. The molecule has 4 saturated carbocycles. The van der Waals surface area contributed by atoms with E-state index < -0.39 is 5.54 Å². The summed E-state index contributed by atoms with van der Waals surface area (Å²) in [6, 6.07) is 0. The number of carbonyl (C=O) groups excluding carboxylic acids is 1. The fourth-order valence-electron chi connectivity index (χ4n) is 7.91. The Morgan fingerprint density at radius 3 is 2.31 bits per heavy atom. The first-order valence-corrected chi connectivity index (χ1v) is 11.0. The SMILES string of the molecule is CCC1(OC(=O)C(C)(CC(C)(C)C)NC)CC2CC1C1C3CCC(C3)C21. The van der Waals surface area contributed by atoms with Crippen molar-refractivity contribution in [2.24, 2.45) is 40.9 Å². The number of hydrogen-bond acceptors (Lipinski definition) is 3. The summed E-state index contributed by atoms with van der Waals surface area (Å²) in [5.74, 6) is 5.15. The third kappa shape index (κ3) is 2.67. The minimum atomic E-state index is -0.601. The van der Waals surface area contributed by atoms with E-state index in [9.17, 15) is 4.79 Å². The van der Waals surface area contributed by atoms with Crippen molar-refractivity contribution in [2.45, 2.75) is 90.7 Å². The lowest BCUT2D eigenvalue weighted by Crippen LogP contribution is -2.56. The molecule has 0 radical (unpaired) electrons. The van der Waals surface area contributed by atoms with Gasteiger partial charge in [0.25, 0.3) is 0 Å². The van der Waals surface area contributed by atoms with Crippen molar-refractivity contribution in [1.29, 1.82) is 0 Å². The van der Waals surface area contributed by atoms with Crippen molar-refractivity contribution >= 4 is 5.97 Å². The number of likely N-dealkylation sites (N-methyl/N-ethyl adjacent to an activating group) is 1. The van der Waals surface area contributed by atoms with Gasteiger partial charge in [-0.15, -0.1) is 0 Å². The highest BCUT2D eigenvalue weighted by Gasteiger charge is 2.68. The Labute approximate surface area is 160 Å². The highest BCUT2D eigenvalue weighted by Crippen LogP contribution is 2.70. The molecule has 4 rings (SSSR count). The minimum absolute atomic E-state index is 0.0240. The average Bonchev–Trinajstić information content (AvgIpc) is 3.31. The Hall–Kier alpha value is -0.570. The Bertz CT molecular complexity index is 581. The van der Waals surface area contributed by atoms with Crippen LogP contribution >= 0.6 is 0 Å². The fraction of sp³-hybridized carbons (Fsp3) is 0.957. The van der Waals surface area contributed by atoms with Crippen LogP contribution in [0.5, 0.6) is 0 Å². The monoisotopic (exact) mass is 361 g/mol. The molecule has 1 N–H and O–H groups in total. The van der Waals surface area contributed by atoms with E-state index in [2.05, 4.69) is 33.0 Å². The number of fused-ring (bicyclic) bond motifs is 9. The largest absolute Gasteiger partial charge is 0.457 e. The van der Waals surface area contributed by atoms with Gasteiger partial charge in [0.05, 0.1) is 0 Å². The molecule has 0 saturated heterocycles. The second-order valence-corrected chi connectivity index (χ2v) is 11.4. The summed E-state index contributed by atoms with van der Waals surface area (Å²) in [6.45, 7) is 10.9. The second kappa shape index (κ2) is 5.96. The van der Waals surface area contributed by atoms with Crippen LogP contribution in [0.25, 0.3) is 0 Å². The third-order valence-electron chi connectivity index (χ3n) is 8.68. The van der Waals surface area contributed by atoms with Gasteiger partial charge in [-0.1, -0.05) is 27.7 Å². The topological polar surface area (TPSA) is 38.3 Å². The summed E-state index contributed by atoms with van der Waals surface area (Å²) in [5.41, 5.74) is -0.708. The van der Waals surface area contributed by atoms with Gasteiger partial charge in [-0.05, 0) is 93.9 Å². The van der Waals surface area contributed by atoms with Gasteiger partial charge in [-0.25, -0.2) is 0 Å². The van der Waals surface area contributed by atoms with Crippen molar-refractivity contribution in [3.63, 3.8) is 0 Å². The van der Waals surface area contributed by atoms with Gasteiger partial charge in [0, 0.05) is 5.92 Å². The fourth-order valence-corrected chi connectivity index (χ4v) is 7.91. The maximum absolute atomic E-state index is 13.3. The third-order valence-corrected chi connectivity index (χ3v) is 8.68. The molecule has 26 heavy (non-hydrogen) atoms. The summed E-state index contributed by atoms with van der Waals surface area (Å²) >= 11 is 0. The van der Waals surface area contributed by atoms with E-state index in [4.69, 9.17) is 4.74 Å². The summed E-state index contributed by atoms with van der Waals surface area (Å²) in [4.78, 5) is 13.3. The van der Waals surface area contributed by atoms with Crippen molar-refractivity contribution < 1.29 is 9.53 Å². The van der Waals surface area contributed by atoms with Crippen LogP contribution in [-0.2, 0) is 9.53 Å². The molecule has 3 heteroatoms. The number of hydrogen-bond donors (Lipinski definition) is 1. The van der Waals surface area contributed by atoms with E-state index in [0.717, 1.165) is 48.9 Å². The predicted octanol–water partition coefficient (Wildman–Crippen LogP) is 4.79. The number of carbonyl (C=O) groups is 1. The highest BCUT2D eigenvalue weighted by molar-refractivity contribution is 5.81. The highest BCUT2D eigenvalue weighted by atomic mass is 16.6. The van der Waals surface area contributed by atoms with E-state index >= 15 is 0 Å². The van der Waals surface area contributed by atoms with Gasteiger partial charge >= 0.3 is 5.97 Å². The molecule has 4 aliphatic carbocycles. The zero-order valence-corrected chi connectivity index (χ0v) is 17.7. The molecule has 0 aromatic rings. The summed E-state index contributed by atoms with van der Waals surface area (Å²) < 4.78 is 6.50. The number of ether oxygens (including phenoxy) is 1. The van der Waals surface area contributed by atoms with Crippen LogP contribution < -0.4 is 5.32 Å². The lowest BCUT2D eigenvalue weighted by Gasteiger charge is -2.47. The van der Waals surface area contributed by atoms with Crippen molar-refractivity contribution in [2.75, 3.05) is 7.05 Å². The summed E-state index contributed by atoms with van der Waals surface area (Å²) in [6.07, 6.45) is 8.58. The molecule has 8 unspecified atom stereocenters. The van der Waals surface area contributed by atoms with Crippen LogP contribution in [-0.4, -0.2) is 24.2 Å². The van der Waals surface area contributed by atoms with E-state index in [1.54, 1.807) is 0 Å². The van der Waals surface area contributed by atoms with Gasteiger partial charge in [0.1, 0.15) is 11.1 Å². The molecule has 0 aliphatic heterocycles. The van der Waals surface area contributed by atoms with Crippen molar-refractivity contribution in [1.82, 2.24) is 5.32 Å². The molecule has 0 amide bonds. The normalized spacial score (nSPS) is 45.6. The molecule has 3 nitrogen and oxygen atoms in total. The van der Waals surface area contributed by atoms with Crippen molar-refractivity contribution in [3.8, 4) is 0 Å². The molecule has 4 fully saturated rings. The van der Waals surface area contributed by atoms with E-state index in [1.807, 2.05) is 14.0 Å². The van der Waals surface area contributed by atoms with Gasteiger partial charge < -0.3 is 10.1 Å². The molecule has 4 aliphatic rings. The zero-order chi connectivity index (χ0) is 18.9. The van der Waals surface area contributed by atoms with E-state index in [-0.39, 0.29) is 17.0 Å². The van der Waals surface area contributed by atoms with E-state index in [0.29, 0.717) is 5.92 Å². The molecule has 8 atom stereocenters. The molecular weight excluding hydrogens is 322 g/mol. The van der Waals surface area contributed by atoms with Crippen LogP contribution in [0.3, 0.4) is 0 Å². The first kappa shape index (κ1) is 18.8. The van der Waals surface area contributed by atoms with Gasteiger partial charge in [0.15, 0.2) is 0 Å². The number of nitrogens with one attached hydrogen (secondary N) is 1. The number of rotatable bonds is 5.